The first kappa shape index (κ1) is 23.3. The van der Waals surface area contributed by atoms with E-state index in [2.05, 4.69) is 53.4 Å². The lowest BCUT2D eigenvalue weighted by Gasteiger charge is -2.50. The summed E-state index contributed by atoms with van der Waals surface area (Å²) in [6.45, 7) is 2.33. The number of nitrogens with zero attached hydrogens (tertiary/aromatic N) is 3. The topological polar surface area (TPSA) is 54.8 Å². The van der Waals surface area contributed by atoms with Crippen molar-refractivity contribution in [3.05, 3.63) is 136 Å². The van der Waals surface area contributed by atoms with E-state index in [-0.39, 0.29) is 35.9 Å². The van der Waals surface area contributed by atoms with Crippen molar-refractivity contribution in [2.75, 3.05) is 13.1 Å². The first-order valence-corrected chi connectivity index (χ1v) is 12.8. The molecule has 0 bridgehead atoms. The summed E-state index contributed by atoms with van der Waals surface area (Å²) < 4.78 is 7.89. The molecule has 0 radical (unpaired) electrons. The molecule has 37 heavy (non-hydrogen) atoms. The molecule has 0 aliphatic carbocycles. The average Bonchev–Trinajstić information content (AvgIpc) is 2.95. The second kappa shape index (κ2) is 10.1. The highest BCUT2D eigenvalue weighted by atomic mass is 16.5. The molecule has 1 saturated heterocycles. The zero-order valence-corrected chi connectivity index (χ0v) is 20.6. The average molecular weight is 492 g/mol. The fourth-order valence-electron chi connectivity index (χ4n) is 5.60. The van der Waals surface area contributed by atoms with Crippen molar-refractivity contribution in [1.82, 2.24) is 14.4 Å². The molecule has 1 amide bonds. The molecule has 0 saturated carbocycles. The van der Waals surface area contributed by atoms with Gasteiger partial charge >= 0.3 is 0 Å². The van der Waals surface area contributed by atoms with Crippen LogP contribution in [0, 0.1) is 0 Å². The van der Waals surface area contributed by atoms with Gasteiger partial charge in [-0.25, -0.2) is 0 Å². The standard InChI is InChI=1S/C31H29N3O3/c35-26-17-20-32-21-27-33(28(24-13-6-2-7-14-24)25-15-8-3-9-16-25)18-10-19-34(27)31(36)29(32)30(26)37-22-23-11-4-1-5-12-23/h1-9,11-17,20,27-28H,10,18-19,21-22H2. The Hall–Kier alpha value is -4.16. The van der Waals surface area contributed by atoms with Gasteiger partial charge in [-0.1, -0.05) is 91.0 Å². The molecule has 3 heterocycles. The Balaban J connectivity index is 1.37. The molecule has 186 valence electrons. The van der Waals surface area contributed by atoms with Gasteiger partial charge in [0.15, 0.2) is 11.4 Å². The number of hydrogen-bond acceptors (Lipinski definition) is 4. The lowest BCUT2D eigenvalue weighted by Crippen LogP contribution is -2.61. The summed E-state index contributed by atoms with van der Waals surface area (Å²) >= 11 is 0. The number of fused-ring (bicyclic) bond motifs is 2. The minimum absolute atomic E-state index is 0.0118. The highest BCUT2D eigenvalue weighted by Crippen LogP contribution is 2.36. The van der Waals surface area contributed by atoms with Crippen molar-refractivity contribution in [2.24, 2.45) is 0 Å². The largest absolute Gasteiger partial charge is 0.483 e. The number of pyridine rings is 1. The van der Waals surface area contributed by atoms with Crippen LogP contribution in [0.25, 0.3) is 0 Å². The third-order valence-electron chi connectivity index (χ3n) is 7.30. The second-order valence-corrected chi connectivity index (χ2v) is 9.58. The Labute approximate surface area is 216 Å². The Morgan fingerprint density at radius 2 is 1.41 bits per heavy atom. The van der Waals surface area contributed by atoms with E-state index in [1.165, 1.54) is 17.2 Å². The van der Waals surface area contributed by atoms with Gasteiger partial charge in [-0.2, -0.15) is 0 Å². The predicted molar refractivity (Wildman–Crippen MR) is 142 cm³/mol. The van der Waals surface area contributed by atoms with E-state index in [1.54, 1.807) is 6.20 Å². The van der Waals surface area contributed by atoms with Gasteiger partial charge in [0, 0.05) is 25.4 Å². The van der Waals surface area contributed by atoms with E-state index in [0.29, 0.717) is 18.8 Å². The number of benzene rings is 3. The molecule has 2 aliphatic rings. The van der Waals surface area contributed by atoms with E-state index in [1.807, 2.05) is 51.9 Å². The van der Waals surface area contributed by atoms with Gasteiger partial charge in [0.05, 0.1) is 12.6 Å². The summed E-state index contributed by atoms with van der Waals surface area (Å²) in [6.07, 6.45) is 2.45. The Morgan fingerprint density at radius 3 is 2.05 bits per heavy atom. The quantitative estimate of drug-likeness (QED) is 0.392. The number of rotatable bonds is 6. The number of amides is 1. The molecule has 6 nitrogen and oxygen atoms in total. The number of ether oxygens (including phenoxy) is 1. The van der Waals surface area contributed by atoms with E-state index in [0.717, 1.165) is 18.5 Å². The van der Waals surface area contributed by atoms with E-state index in [4.69, 9.17) is 4.74 Å². The monoisotopic (exact) mass is 491 g/mol. The minimum Gasteiger partial charge on any atom is -0.483 e. The zero-order valence-electron chi connectivity index (χ0n) is 20.6. The van der Waals surface area contributed by atoms with Gasteiger partial charge in [-0.15, -0.1) is 0 Å². The summed E-state index contributed by atoms with van der Waals surface area (Å²) in [7, 11) is 0. The SMILES string of the molecule is O=C1c2c(OCc3ccccc3)c(=O)ccn2CC2N1CCCN2C(c1ccccc1)c1ccccc1. The van der Waals surface area contributed by atoms with Crippen LogP contribution in [-0.4, -0.2) is 39.5 Å². The van der Waals surface area contributed by atoms with Crippen LogP contribution in [0.5, 0.6) is 5.75 Å². The van der Waals surface area contributed by atoms with Crippen molar-refractivity contribution in [1.29, 1.82) is 0 Å². The van der Waals surface area contributed by atoms with E-state index < -0.39 is 0 Å². The maximum atomic E-state index is 13.9. The second-order valence-electron chi connectivity index (χ2n) is 9.58. The zero-order chi connectivity index (χ0) is 25.2. The number of aromatic nitrogens is 1. The minimum atomic E-state index is -0.269. The summed E-state index contributed by atoms with van der Waals surface area (Å²) in [4.78, 5) is 31.1. The molecule has 0 N–H and O–H groups in total. The first-order chi connectivity index (χ1) is 18.2. The third kappa shape index (κ3) is 4.45. The Bertz CT molecular complexity index is 1400. The molecule has 6 rings (SSSR count). The van der Waals surface area contributed by atoms with Crippen molar-refractivity contribution in [3.63, 3.8) is 0 Å². The van der Waals surface area contributed by atoms with E-state index >= 15 is 0 Å². The Kier molecular flexibility index (Phi) is 6.33. The maximum Gasteiger partial charge on any atom is 0.275 e. The third-order valence-corrected chi connectivity index (χ3v) is 7.30. The van der Waals surface area contributed by atoms with E-state index in [9.17, 15) is 9.59 Å². The van der Waals surface area contributed by atoms with Crippen molar-refractivity contribution in [2.45, 2.75) is 31.8 Å². The molecule has 6 heteroatoms. The van der Waals surface area contributed by atoms with Gasteiger partial charge in [0.2, 0.25) is 5.43 Å². The van der Waals surface area contributed by atoms with Crippen LogP contribution in [0.3, 0.4) is 0 Å². The molecule has 0 spiro atoms. The fraction of sp³-hybridized carbons (Fsp3) is 0.226. The number of carbonyl (C=O) groups is 1. The van der Waals surface area contributed by atoms with Crippen LogP contribution >= 0.6 is 0 Å². The highest BCUT2D eigenvalue weighted by Gasteiger charge is 2.42. The van der Waals surface area contributed by atoms with Crippen LogP contribution in [0.4, 0.5) is 0 Å². The first-order valence-electron chi connectivity index (χ1n) is 12.8. The maximum absolute atomic E-state index is 13.9. The molecule has 1 atom stereocenters. The van der Waals surface area contributed by atoms with Crippen molar-refractivity contribution in [3.8, 4) is 5.75 Å². The highest BCUT2D eigenvalue weighted by molar-refractivity contribution is 5.96. The molecular formula is C31H29N3O3. The van der Waals surface area contributed by atoms with Gasteiger partial charge in [-0.3, -0.25) is 14.5 Å². The lowest BCUT2D eigenvalue weighted by atomic mass is 9.94. The van der Waals surface area contributed by atoms with Crippen LogP contribution in [-0.2, 0) is 13.2 Å². The van der Waals surface area contributed by atoms with Crippen LogP contribution < -0.4 is 10.2 Å². The van der Waals surface area contributed by atoms with Crippen molar-refractivity contribution < 1.29 is 9.53 Å². The predicted octanol–water partition coefficient (Wildman–Crippen LogP) is 4.70. The van der Waals surface area contributed by atoms with Crippen molar-refractivity contribution >= 4 is 5.91 Å². The fourth-order valence-corrected chi connectivity index (χ4v) is 5.60. The normalized spacial score (nSPS) is 17.4. The number of hydrogen-bond donors (Lipinski definition) is 0. The Morgan fingerprint density at radius 1 is 0.784 bits per heavy atom. The van der Waals surface area contributed by atoms with Gasteiger partial charge in [0.25, 0.3) is 5.91 Å². The molecular weight excluding hydrogens is 462 g/mol. The lowest BCUT2D eigenvalue weighted by molar-refractivity contribution is -0.0240. The molecule has 1 unspecified atom stereocenters. The smallest absolute Gasteiger partial charge is 0.275 e. The summed E-state index contributed by atoms with van der Waals surface area (Å²) in [5.74, 6) is -0.0174. The number of carbonyl (C=O) groups excluding carboxylic acids is 1. The molecule has 2 aliphatic heterocycles. The molecule has 4 aromatic rings. The van der Waals surface area contributed by atoms with Gasteiger partial charge in [-0.05, 0) is 23.1 Å². The van der Waals surface area contributed by atoms with Crippen LogP contribution in [0.2, 0.25) is 0 Å². The van der Waals surface area contributed by atoms with Gasteiger partial charge in [0.1, 0.15) is 12.8 Å². The van der Waals surface area contributed by atoms with Crippen LogP contribution in [0.15, 0.2) is 108 Å². The summed E-state index contributed by atoms with van der Waals surface area (Å²) in [5, 5.41) is 0. The van der Waals surface area contributed by atoms with Gasteiger partial charge < -0.3 is 14.2 Å². The molecule has 1 fully saturated rings. The summed E-state index contributed by atoms with van der Waals surface area (Å²) in [5.41, 5.74) is 3.41. The van der Waals surface area contributed by atoms with Crippen LogP contribution in [0.1, 0.15) is 39.6 Å². The molecule has 3 aromatic carbocycles. The molecule has 1 aromatic heterocycles. The summed E-state index contributed by atoms with van der Waals surface area (Å²) in [6, 6.07) is 32.1.